The van der Waals surface area contributed by atoms with E-state index in [1.807, 2.05) is 47.8 Å². The molecule has 0 fully saturated rings. The van der Waals surface area contributed by atoms with Crippen molar-refractivity contribution < 1.29 is 9.59 Å². The molecule has 0 saturated carbocycles. The summed E-state index contributed by atoms with van der Waals surface area (Å²) in [6, 6.07) is 14.0. The maximum atomic E-state index is 12.5. The number of anilines is 1. The highest BCUT2D eigenvalue weighted by atomic mass is 32.1. The number of hydrogen-bond donors (Lipinski definition) is 2. The number of nitrogens with zero attached hydrogens (tertiary/aromatic N) is 2. The molecule has 0 spiro atoms. The Kier molecular flexibility index (Phi) is 6.32. The lowest BCUT2D eigenvalue weighted by Crippen LogP contribution is -2.17. The Hall–Kier alpha value is -2.88. The predicted molar refractivity (Wildman–Crippen MR) is 122 cm³/mol. The highest BCUT2D eigenvalue weighted by Crippen LogP contribution is 2.31. The number of hydrogen-bond acceptors (Lipinski definition) is 7. The molecule has 0 aliphatic rings. The third-order valence-corrected chi connectivity index (χ3v) is 6.85. The highest BCUT2D eigenvalue weighted by Gasteiger charge is 2.14. The Morgan fingerprint density at radius 2 is 1.83 bits per heavy atom. The largest absolute Gasteiger partial charge is 0.351 e. The van der Waals surface area contributed by atoms with Crippen LogP contribution in [0.4, 0.5) is 5.13 Å². The Balaban J connectivity index is 1.38. The maximum absolute atomic E-state index is 12.5. The van der Waals surface area contributed by atoms with Crippen LogP contribution in [0.1, 0.15) is 32.9 Å². The summed E-state index contributed by atoms with van der Waals surface area (Å²) in [5, 5.41) is 10.7. The molecule has 0 aliphatic carbocycles. The van der Waals surface area contributed by atoms with Crippen molar-refractivity contribution >= 4 is 51.0 Å². The Morgan fingerprint density at radius 1 is 1.00 bits per heavy atom. The van der Waals surface area contributed by atoms with E-state index in [9.17, 15) is 9.59 Å². The lowest BCUT2D eigenvalue weighted by Gasteiger charge is -1.98. The number of benzene rings is 1. The SMILES string of the molecule is CC(=O)NCc1ccc(-c2csc(NC(=O)c3csc(Cc4ccccc4)n3)n2)s1. The first kappa shape index (κ1) is 20.4. The van der Waals surface area contributed by atoms with Crippen LogP contribution >= 0.6 is 34.0 Å². The van der Waals surface area contributed by atoms with E-state index in [4.69, 9.17) is 0 Å². The van der Waals surface area contributed by atoms with E-state index < -0.39 is 0 Å². The number of nitrogens with one attached hydrogen (secondary N) is 2. The topological polar surface area (TPSA) is 84.0 Å². The molecule has 4 rings (SSSR count). The van der Waals surface area contributed by atoms with Crippen molar-refractivity contribution in [2.24, 2.45) is 0 Å². The molecule has 0 aliphatic heterocycles. The van der Waals surface area contributed by atoms with Gasteiger partial charge in [0.2, 0.25) is 5.91 Å². The first-order valence-corrected chi connectivity index (χ1v) is 11.7. The van der Waals surface area contributed by atoms with E-state index >= 15 is 0 Å². The van der Waals surface area contributed by atoms with E-state index in [1.54, 1.807) is 16.7 Å². The van der Waals surface area contributed by atoms with Crippen LogP contribution in [0.3, 0.4) is 0 Å². The molecule has 3 aromatic heterocycles. The van der Waals surface area contributed by atoms with Gasteiger partial charge in [-0.15, -0.1) is 34.0 Å². The van der Waals surface area contributed by atoms with Crippen LogP contribution in [0.15, 0.2) is 53.2 Å². The van der Waals surface area contributed by atoms with Crippen LogP contribution in [0.25, 0.3) is 10.6 Å². The van der Waals surface area contributed by atoms with E-state index in [-0.39, 0.29) is 11.8 Å². The zero-order chi connectivity index (χ0) is 20.9. The van der Waals surface area contributed by atoms with Crippen molar-refractivity contribution in [3.63, 3.8) is 0 Å². The predicted octanol–water partition coefficient (Wildman–Crippen LogP) is 4.81. The molecule has 9 heteroatoms. The fourth-order valence-corrected chi connectivity index (χ4v) is 5.19. The molecule has 4 aromatic rings. The molecule has 0 saturated heterocycles. The number of carbonyl (C=O) groups excluding carboxylic acids is 2. The second-order valence-electron chi connectivity index (χ2n) is 6.46. The van der Waals surface area contributed by atoms with Crippen molar-refractivity contribution in [2.75, 3.05) is 5.32 Å². The van der Waals surface area contributed by atoms with Crippen molar-refractivity contribution in [1.82, 2.24) is 15.3 Å². The zero-order valence-electron chi connectivity index (χ0n) is 16.0. The number of amides is 2. The van der Waals surface area contributed by atoms with Gasteiger partial charge in [0.15, 0.2) is 5.13 Å². The van der Waals surface area contributed by atoms with Gasteiger partial charge in [-0.3, -0.25) is 14.9 Å². The van der Waals surface area contributed by atoms with Crippen LogP contribution in [0, 0.1) is 0 Å². The lowest BCUT2D eigenvalue weighted by molar-refractivity contribution is -0.119. The van der Waals surface area contributed by atoms with Crippen molar-refractivity contribution in [3.05, 3.63) is 74.4 Å². The summed E-state index contributed by atoms with van der Waals surface area (Å²) in [6.07, 6.45) is 0.708. The normalized spacial score (nSPS) is 10.7. The van der Waals surface area contributed by atoms with E-state index in [2.05, 4.69) is 20.6 Å². The van der Waals surface area contributed by atoms with Crippen molar-refractivity contribution in [1.29, 1.82) is 0 Å². The number of thiophene rings is 1. The molecule has 2 N–H and O–H groups in total. The minimum Gasteiger partial charge on any atom is -0.351 e. The maximum Gasteiger partial charge on any atom is 0.276 e. The van der Waals surface area contributed by atoms with Crippen molar-refractivity contribution in [3.8, 4) is 10.6 Å². The Morgan fingerprint density at radius 3 is 2.63 bits per heavy atom. The van der Waals surface area contributed by atoms with Gasteiger partial charge in [-0.25, -0.2) is 9.97 Å². The van der Waals surface area contributed by atoms with Gasteiger partial charge in [-0.2, -0.15) is 0 Å². The standard InChI is InChI=1S/C21H18N4O2S3/c1-13(26)22-10-15-7-8-18(30-15)16-11-29-21(24-16)25-20(27)17-12-28-19(23-17)9-14-5-3-2-4-6-14/h2-8,11-12H,9-10H2,1H3,(H,22,26)(H,24,25,27). The zero-order valence-corrected chi connectivity index (χ0v) is 18.5. The molecule has 1 aromatic carbocycles. The number of carbonyl (C=O) groups is 2. The van der Waals surface area contributed by atoms with Crippen LogP contribution in [0.5, 0.6) is 0 Å². The minimum absolute atomic E-state index is 0.0578. The van der Waals surface area contributed by atoms with Gasteiger partial charge in [0.05, 0.1) is 22.1 Å². The van der Waals surface area contributed by atoms with Crippen LogP contribution < -0.4 is 10.6 Å². The Bertz CT molecular complexity index is 1160. The summed E-state index contributed by atoms with van der Waals surface area (Å²) in [5.74, 6) is -0.318. The second-order valence-corrected chi connectivity index (χ2v) is 9.43. The van der Waals surface area contributed by atoms with Gasteiger partial charge in [0.25, 0.3) is 5.91 Å². The summed E-state index contributed by atoms with van der Waals surface area (Å²) >= 11 is 4.42. The van der Waals surface area contributed by atoms with Gasteiger partial charge < -0.3 is 5.32 Å². The summed E-state index contributed by atoms with van der Waals surface area (Å²) < 4.78 is 0. The van der Waals surface area contributed by atoms with E-state index in [0.717, 1.165) is 26.0 Å². The third kappa shape index (κ3) is 5.18. The van der Waals surface area contributed by atoms with Crippen LogP contribution in [-0.2, 0) is 17.8 Å². The molecular formula is C21H18N4O2S3. The molecule has 0 radical (unpaired) electrons. The average molecular weight is 455 g/mol. The second kappa shape index (κ2) is 9.29. The Labute approximate surface area is 185 Å². The summed E-state index contributed by atoms with van der Waals surface area (Å²) in [5.41, 5.74) is 2.37. The summed E-state index contributed by atoms with van der Waals surface area (Å²) in [7, 11) is 0. The summed E-state index contributed by atoms with van der Waals surface area (Å²) in [6.45, 7) is 2.00. The lowest BCUT2D eigenvalue weighted by atomic mass is 10.2. The van der Waals surface area contributed by atoms with E-state index in [0.29, 0.717) is 23.8 Å². The number of thiazole rings is 2. The summed E-state index contributed by atoms with van der Waals surface area (Å²) in [4.78, 5) is 34.6. The van der Waals surface area contributed by atoms with Gasteiger partial charge in [0.1, 0.15) is 5.69 Å². The molecule has 6 nitrogen and oxygen atoms in total. The highest BCUT2D eigenvalue weighted by molar-refractivity contribution is 7.17. The molecule has 0 unspecified atom stereocenters. The van der Waals surface area contributed by atoms with Crippen LogP contribution in [-0.4, -0.2) is 21.8 Å². The van der Waals surface area contributed by atoms with E-state index in [1.165, 1.54) is 29.6 Å². The fourth-order valence-electron chi connectivity index (χ4n) is 2.69. The first-order valence-electron chi connectivity index (χ1n) is 9.15. The van der Waals surface area contributed by atoms with Gasteiger partial charge in [-0.1, -0.05) is 30.3 Å². The fraction of sp³-hybridized carbons (Fsp3) is 0.143. The number of rotatable bonds is 7. The van der Waals surface area contributed by atoms with Gasteiger partial charge in [0, 0.05) is 29.0 Å². The molecule has 3 heterocycles. The minimum atomic E-state index is -0.260. The molecule has 0 atom stereocenters. The van der Waals surface area contributed by atoms with Crippen molar-refractivity contribution in [2.45, 2.75) is 19.9 Å². The molecule has 2 amide bonds. The monoisotopic (exact) mass is 454 g/mol. The van der Waals surface area contributed by atoms with Crippen LogP contribution in [0.2, 0.25) is 0 Å². The molecular weight excluding hydrogens is 436 g/mol. The smallest absolute Gasteiger partial charge is 0.276 e. The van der Waals surface area contributed by atoms with Gasteiger partial charge >= 0.3 is 0 Å². The quantitative estimate of drug-likeness (QED) is 0.420. The molecule has 152 valence electrons. The third-order valence-electron chi connectivity index (χ3n) is 4.13. The van der Waals surface area contributed by atoms with Gasteiger partial charge in [-0.05, 0) is 17.7 Å². The first-order chi connectivity index (χ1) is 14.6. The average Bonchev–Trinajstić information content (AvgIpc) is 3.48. The number of aromatic nitrogens is 2. The molecule has 0 bridgehead atoms. The molecule has 30 heavy (non-hydrogen) atoms.